The number of carbonyl (C=O) groups excluding carboxylic acids is 1. The number of quaternary nitrogens is 1. The van der Waals surface area contributed by atoms with Crippen LogP contribution < -0.4 is 10.2 Å². The first-order valence-electron chi connectivity index (χ1n) is 9.34. The van der Waals surface area contributed by atoms with Crippen molar-refractivity contribution in [1.29, 1.82) is 0 Å². The van der Waals surface area contributed by atoms with Crippen LogP contribution in [-0.4, -0.2) is 36.8 Å². The van der Waals surface area contributed by atoms with E-state index in [0.717, 1.165) is 35.6 Å². The smallest absolute Gasteiger partial charge is 0.279 e. The Hall–Kier alpha value is -1.89. The molecular formula is C21H24N3OS2+. The molecule has 0 saturated carbocycles. The highest BCUT2D eigenvalue weighted by molar-refractivity contribution is 7.98. The molecule has 1 saturated heterocycles. The molecule has 4 nitrogen and oxygen atoms in total. The second-order valence-electron chi connectivity index (χ2n) is 7.02. The number of thiazole rings is 1. The van der Waals surface area contributed by atoms with Crippen LogP contribution in [0.2, 0.25) is 0 Å². The number of benzene rings is 2. The molecule has 0 spiro atoms. The number of hydrogen-bond donors (Lipinski definition) is 2. The summed E-state index contributed by atoms with van der Waals surface area (Å²) < 4.78 is 1.26. The lowest BCUT2D eigenvalue weighted by Gasteiger charge is -2.28. The minimum absolute atomic E-state index is 0.0909. The van der Waals surface area contributed by atoms with Gasteiger partial charge in [-0.3, -0.25) is 4.79 Å². The van der Waals surface area contributed by atoms with Crippen molar-refractivity contribution in [2.24, 2.45) is 0 Å². The third-order valence-corrected chi connectivity index (χ3v) is 6.97. The Balaban J connectivity index is 1.38. The number of amides is 1. The molecule has 0 bridgehead atoms. The van der Waals surface area contributed by atoms with Crippen molar-refractivity contribution in [1.82, 2.24) is 4.98 Å². The number of fused-ring (bicyclic) bond motifs is 1. The fourth-order valence-corrected chi connectivity index (χ4v) is 5.28. The number of carbonyl (C=O) groups is 1. The molecule has 0 radical (unpaired) electrons. The Morgan fingerprint density at radius 1 is 1.30 bits per heavy atom. The Kier molecular flexibility index (Phi) is 5.76. The molecule has 1 fully saturated rings. The van der Waals surface area contributed by atoms with Gasteiger partial charge in [-0.25, -0.2) is 4.98 Å². The van der Waals surface area contributed by atoms with Gasteiger partial charge >= 0.3 is 0 Å². The van der Waals surface area contributed by atoms with Crippen LogP contribution in [0.25, 0.3) is 10.2 Å². The van der Waals surface area contributed by atoms with E-state index < -0.39 is 0 Å². The van der Waals surface area contributed by atoms with E-state index in [4.69, 9.17) is 4.98 Å². The van der Waals surface area contributed by atoms with Gasteiger partial charge in [-0.05, 0) is 49.4 Å². The number of anilines is 1. The summed E-state index contributed by atoms with van der Waals surface area (Å²) in [5, 5.41) is 4.28. The Labute approximate surface area is 168 Å². The number of hydrogen-bond acceptors (Lipinski definition) is 4. The van der Waals surface area contributed by atoms with Crippen molar-refractivity contribution >= 4 is 44.9 Å². The zero-order chi connectivity index (χ0) is 18.6. The number of nitrogens with zero attached hydrogens (tertiary/aromatic N) is 1. The quantitative estimate of drug-likeness (QED) is 0.648. The maximum absolute atomic E-state index is 12.5. The van der Waals surface area contributed by atoms with Crippen molar-refractivity contribution < 1.29 is 9.69 Å². The second-order valence-corrected chi connectivity index (χ2v) is 8.96. The summed E-state index contributed by atoms with van der Waals surface area (Å²) in [6.07, 6.45) is 4.35. The summed E-state index contributed by atoms with van der Waals surface area (Å²) in [5.41, 5.74) is 1.97. The van der Waals surface area contributed by atoms with Crippen LogP contribution >= 0.6 is 23.1 Å². The van der Waals surface area contributed by atoms with E-state index in [1.165, 1.54) is 21.0 Å². The molecule has 1 aliphatic rings. The maximum atomic E-state index is 12.5. The normalized spacial score (nSPS) is 19.9. The minimum Gasteiger partial charge on any atom is -0.327 e. The molecule has 2 atom stereocenters. The predicted octanol–water partition coefficient (Wildman–Crippen LogP) is 3.42. The van der Waals surface area contributed by atoms with Crippen molar-refractivity contribution in [2.45, 2.75) is 23.7 Å². The first kappa shape index (κ1) is 18.5. The fourth-order valence-electron chi connectivity index (χ4n) is 3.72. The standard InChI is InChI=1S/C21H23N3OS2/c1-26-17-8-4-7-16(12-17)22-20(25)14-24-11-5-6-15(13-24)21-23-18-9-2-3-10-19(18)27-21/h2-4,7-10,12,15H,5-6,11,13-14H2,1H3,(H,22,25)/p+1/t15-/m1/s1. The second kappa shape index (κ2) is 8.42. The zero-order valence-corrected chi connectivity index (χ0v) is 17.0. The zero-order valence-electron chi connectivity index (χ0n) is 15.4. The number of thioether (sulfide) groups is 1. The SMILES string of the molecule is CSc1cccc(NC(=O)C[NH+]2CCC[C@@H](c3nc4ccccc4s3)C2)c1. The molecule has 2 heterocycles. The van der Waals surface area contributed by atoms with Crippen LogP contribution in [0.1, 0.15) is 23.8 Å². The molecule has 1 aromatic heterocycles. The molecule has 1 amide bonds. The first-order valence-corrected chi connectivity index (χ1v) is 11.4. The van der Waals surface area contributed by atoms with Gasteiger partial charge in [-0.15, -0.1) is 23.1 Å². The summed E-state index contributed by atoms with van der Waals surface area (Å²) in [5.74, 6) is 0.548. The number of aromatic nitrogens is 1. The molecule has 27 heavy (non-hydrogen) atoms. The summed E-state index contributed by atoms with van der Waals surface area (Å²) in [4.78, 5) is 19.9. The fraction of sp³-hybridized carbons (Fsp3) is 0.333. The summed E-state index contributed by atoms with van der Waals surface area (Å²) >= 11 is 3.49. The molecule has 2 aromatic carbocycles. The summed E-state index contributed by atoms with van der Waals surface area (Å²) in [6, 6.07) is 16.3. The van der Waals surface area contributed by atoms with Gasteiger partial charge in [-0.2, -0.15) is 0 Å². The van der Waals surface area contributed by atoms with Gasteiger partial charge in [0.25, 0.3) is 5.91 Å². The summed E-state index contributed by atoms with van der Waals surface area (Å²) in [6.45, 7) is 2.56. The highest BCUT2D eigenvalue weighted by Gasteiger charge is 2.28. The Bertz CT molecular complexity index is 907. The van der Waals surface area contributed by atoms with E-state index in [1.807, 2.05) is 30.5 Å². The average Bonchev–Trinajstić information content (AvgIpc) is 3.12. The van der Waals surface area contributed by atoms with Gasteiger partial charge in [0, 0.05) is 10.6 Å². The lowest BCUT2D eigenvalue weighted by molar-refractivity contribution is -0.898. The maximum Gasteiger partial charge on any atom is 0.279 e. The lowest BCUT2D eigenvalue weighted by Crippen LogP contribution is -3.14. The van der Waals surface area contributed by atoms with Crippen molar-refractivity contribution in [3.63, 3.8) is 0 Å². The largest absolute Gasteiger partial charge is 0.327 e. The number of nitrogens with one attached hydrogen (secondary N) is 2. The highest BCUT2D eigenvalue weighted by atomic mass is 32.2. The molecule has 4 rings (SSSR count). The van der Waals surface area contributed by atoms with E-state index in [-0.39, 0.29) is 5.91 Å². The van der Waals surface area contributed by atoms with Gasteiger partial charge in [0.2, 0.25) is 0 Å². The number of likely N-dealkylation sites (tertiary alicyclic amines) is 1. The molecule has 1 aliphatic heterocycles. The Morgan fingerprint density at radius 2 is 2.19 bits per heavy atom. The summed E-state index contributed by atoms with van der Waals surface area (Å²) in [7, 11) is 0. The van der Waals surface area contributed by atoms with Gasteiger partial charge in [0.05, 0.1) is 29.2 Å². The third-order valence-electron chi connectivity index (χ3n) is 5.04. The molecule has 3 aromatic rings. The number of rotatable bonds is 5. The molecule has 6 heteroatoms. The van der Waals surface area contributed by atoms with Crippen LogP contribution in [0.4, 0.5) is 5.69 Å². The monoisotopic (exact) mass is 398 g/mol. The first-order chi connectivity index (χ1) is 13.2. The molecule has 2 N–H and O–H groups in total. The number of piperidine rings is 1. The molecule has 0 aliphatic carbocycles. The van der Waals surface area contributed by atoms with Crippen molar-refractivity contribution in [3.8, 4) is 0 Å². The predicted molar refractivity (Wildman–Crippen MR) is 114 cm³/mol. The van der Waals surface area contributed by atoms with Crippen LogP contribution in [0.3, 0.4) is 0 Å². The van der Waals surface area contributed by atoms with E-state index in [2.05, 4.69) is 29.6 Å². The molecule has 140 valence electrons. The van der Waals surface area contributed by atoms with Crippen LogP contribution in [0, 0.1) is 0 Å². The Morgan fingerprint density at radius 3 is 3.04 bits per heavy atom. The van der Waals surface area contributed by atoms with Crippen LogP contribution in [0.15, 0.2) is 53.4 Å². The van der Waals surface area contributed by atoms with E-state index in [0.29, 0.717) is 12.5 Å². The topological polar surface area (TPSA) is 46.4 Å². The van der Waals surface area contributed by atoms with Gasteiger partial charge in [0.15, 0.2) is 6.54 Å². The minimum atomic E-state index is 0.0909. The van der Waals surface area contributed by atoms with Crippen molar-refractivity contribution in [3.05, 3.63) is 53.5 Å². The van der Waals surface area contributed by atoms with E-state index in [1.54, 1.807) is 23.1 Å². The van der Waals surface area contributed by atoms with Crippen LogP contribution in [0.5, 0.6) is 0 Å². The average molecular weight is 399 g/mol. The third kappa shape index (κ3) is 4.51. The van der Waals surface area contributed by atoms with Gasteiger partial charge in [0.1, 0.15) is 5.01 Å². The van der Waals surface area contributed by atoms with E-state index in [9.17, 15) is 4.79 Å². The lowest BCUT2D eigenvalue weighted by atomic mass is 9.99. The highest BCUT2D eigenvalue weighted by Crippen LogP contribution is 2.30. The molecule has 1 unspecified atom stereocenters. The van der Waals surface area contributed by atoms with Gasteiger partial charge < -0.3 is 10.2 Å². The van der Waals surface area contributed by atoms with Gasteiger partial charge in [-0.1, -0.05) is 18.2 Å². The number of para-hydroxylation sites is 1. The molecular weight excluding hydrogens is 374 g/mol. The van der Waals surface area contributed by atoms with E-state index >= 15 is 0 Å². The van der Waals surface area contributed by atoms with Crippen molar-refractivity contribution in [2.75, 3.05) is 31.2 Å². The van der Waals surface area contributed by atoms with Crippen LogP contribution in [-0.2, 0) is 4.79 Å².